The lowest BCUT2D eigenvalue weighted by molar-refractivity contribution is -0.118. The van der Waals surface area contributed by atoms with Gasteiger partial charge in [0.2, 0.25) is 0 Å². The summed E-state index contributed by atoms with van der Waals surface area (Å²) in [4.78, 5) is 41.3. The van der Waals surface area contributed by atoms with Crippen molar-refractivity contribution < 1.29 is 4.79 Å². The van der Waals surface area contributed by atoms with E-state index in [-0.39, 0.29) is 5.78 Å². The van der Waals surface area contributed by atoms with Gasteiger partial charge >= 0.3 is 5.69 Å². The van der Waals surface area contributed by atoms with Gasteiger partial charge in [0.05, 0.1) is 0 Å². The first-order valence-electron chi connectivity index (χ1n) is 6.62. The molecule has 2 heterocycles. The number of aryl methyl sites for hydroxylation is 3. The van der Waals surface area contributed by atoms with Crippen LogP contribution in [0.25, 0.3) is 11.2 Å². The third-order valence-corrected chi connectivity index (χ3v) is 3.48. The molecule has 0 unspecified atom stereocenters. The number of imidazole rings is 1. The van der Waals surface area contributed by atoms with Crippen LogP contribution in [0.5, 0.6) is 0 Å². The van der Waals surface area contributed by atoms with Gasteiger partial charge in [-0.25, -0.2) is 9.78 Å². The van der Waals surface area contributed by atoms with Crippen LogP contribution in [0, 0.1) is 0 Å². The van der Waals surface area contributed by atoms with Gasteiger partial charge in [0.1, 0.15) is 11.6 Å². The van der Waals surface area contributed by atoms with Gasteiger partial charge in [-0.05, 0) is 6.42 Å². The molecule has 0 saturated heterocycles. The number of hydrogen-bond acceptors (Lipinski definition) is 4. The molecule has 0 aliphatic heterocycles. The molecular weight excluding hydrogens is 260 g/mol. The second kappa shape index (κ2) is 5.44. The van der Waals surface area contributed by atoms with Crippen molar-refractivity contribution in [2.75, 3.05) is 0 Å². The number of aromatic nitrogens is 4. The van der Waals surface area contributed by atoms with Gasteiger partial charge < -0.3 is 4.57 Å². The molecule has 0 aromatic carbocycles. The number of nitrogens with zero attached hydrogens (tertiary/aromatic N) is 3. The molecule has 2 aromatic rings. The van der Waals surface area contributed by atoms with Crippen molar-refractivity contribution in [3.63, 3.8) is 0 Å². The molecule has 0 aliphatic rings. The molecule has 0 fully saturated rings. The number of Topliss-reactive ketones (excluding diaryl/α,β-unsaturated/α-hetero) is 1. The molecule has 2 rings (SSSR count). The van der Waals surface area contributed by atoms with Gasteiger partial charge in [0.15, 0.2) is 11.2 Å². The molecule has 0 aliphatic carbocycles. The van der Waals surface area contributed by atoms with Crippen LogP contribution in [0.4, 0.5) is 0 Å². The van der Waals surface area contributed by atoms with E-state index in [9.17, 15) is 14.4 Å². The zero-order valence-electron chi connectivity index (χ0n) is 11.9. The molecule has 0 amide bonds. The highest BCUT2D eigenvalue weighted by Gasteiger charge is 2.14. The van der Waals surface area contributed by atoms with Crippen molar-refractivity contribution in [2.45, 2.75) is 32.6 Å². The summed E-state index contributed by atoms with van der Waals surface area (Å²) >= 11 is 0. The first-order valence-corrected chi connectivity index (χ1v) is 6.62. The minimum Gasteiger partial charge on any atom is -0.325 e. The molecule has 0 bridgehead atoms. The summed E-state index contributed by atoms with van der Waals surface area (Å²) < 4.78 is 3.00. The summed E-state index contributed by atoms with van der Waals surface area (Å²) in [5.74, 6) is 0.921. The Morgan fingerprint density at radius 2 is 1.95 bits per heavy atom. The summed E-state index contributed by atoms with van der Waals surface area (Å²) in [7, 11) is 3.31. The minimum absolute atomic E-state index is 0.217. The summed E-state index contributed by atoms with van der Waals surface area (Å²) in [6.07, 6.45) is 2.34. The number of ketones is 1. The van der Waals surface area contributed by atoms with Crippen LogP contribution in [0.15, 0.2) is 9.59 Å². The summed E-state index contributed by atoms with van der Waals surface area (Å²) in [5.41, 5.74) is -0.163. The first kappa shape index (κ1) is 14.2. The SMILES string of the molecule is CCC(=O)CCCc1nc2c(c(=O)[nH]c(=O)n2C)n1C. The van der Waals surface area contributed by atoms with Crippen LogP contribution in [-0.2, 0) is 25.3 Å². The van der Waals surface area contributed by atoms with Gasteiger partial charge in [-0.15, -0.1) is 0 Å². The quantitative estimate of drug-likeness (QED) is 0.849. The van der Waals surface area contributed by atoms with Gasteiger partial charge in [-0.1, -0.05) is 6.92 Å². The van der Waals surface area contributed by atoms with Gasteiger partial charge in [0.25, 0.3) is 5.56 Å². The van der Waals surface area contributed by atoms with Crippen LogP contribution in [-0.4, -0.2) is 24.9 Å². The number of carbonyl (C=O) groups is 1. The number of H-pyrrole nitrogens is 1. The zero-order valence-corrected chi connectivity index (χ0v) is 11.9. The Morgan fingerprint density at radius 3 is 2.60 bits per heavy atom. The highest BCUT2D eigenvalue weighted by Crippen LogP contribution is 2.11. The van der Waals surface area contributed by atoms with Crippen molar-refractivity contribution >= 4 is 16.9 Å². The number of hydrogen-bond donors (Lipinski definition) is 1. The Hall–Kier alpha value is -2.18. The number of aromatic amines is 1. The Morgan fingerprint density at radius 1 is 1.25 bits per heavy atom. The standard InChI is InChI=1S/C13H18N4O3/c1-4-8(18)6-5-7-9-14-11-10(16(9)2)12(19)15-13(20)17(11)3/h4-7H2,1-3H3,(H,15,19,20). The van der Waals surface area contributed by atoms with Crippen molar-refractivity contribution in [2.24, 2.45) is 14.1 Å². The maximum atomic E-state index is 11.8. The van der Waals surface area contributed by atoms with Gasteiger partial charge in [-0.3, -0.25) is 19.1 Å². The molecule has 108 valence electrons. The molecule has 1 N–H and O–H groups in total. The molecule has 2 aromatic heterocycles. The number of carbonyl (C=O) groups excluding carboxylic acids is 1. The Balaban J connectivity index is 2.37. The lowest BCUT2D eigenvalue weighted by atomic mass is 10.1. The molecular formula is C13H18N4O3. The van der Waals surface area contributed by atoms with Crippen molar-refractivity contribution in [1.29, 1.82) is 0 Å². The second-order valence-corrected chi connectivity index (χ2v) is 4.82. The largest absolute Gasteiger partial charge is 0.329 e. The van der Waals surface area contributed by atoms with E-state index in [4.69, 9.17) is 0 Å². The normalized spacial score (nSPS) is 11.2. The van der Waals surface area contributed by atoms with Gasteiger partial charge in [0, 0.05) is 33.4 Å². The fourth-order valence-electron chi connectivity index (χ4n) is 2.20. The van der Waals surface area contributed by atoms with Crippen LogP contribution in [0.2, 0.25) is 0 Å². The molecule has 0 saturated carbocycles. The number of nitrogens with one attached hydrogen (secondary N) is 1. The lowest BCUT2D eigenvalue weighted by Gasteiger charge is -2.01. The maximum absolute atomic E-state index is 11.8. The highest BCUT2D eigenvalue weighted by molar-refractivity contribution is 5.78. The van der Waals surface area contributed by atoms with Gasteiger partial charge in [-0.2, -0.15) is 0 Å². The molecule has 0 radical (unpaired) electrons. The Kier molecular flexibility index (Phi) is 3.87. The van der Waals surface area contributed by atoms with E-state index >= 15 is 0 Å². The van der Waals surface area contributed by atoms with E-state index in [1.54, 1.807) is 18.7 Å². The van der Waals surface area contributed by atoms with Crippen molar-refractivity contribution in [1.82, 2.24) is 19.1 Å². The van der Waals surface area contributed by atoms with Crippen LogP contribution >= 0.6 is 0 Å². The zero-order chi connectivity index (χ0) is 14.9. The summed E-state index contributed by atoms with van der Waals surface area (Å²) in [5, 5.41) is 0. The third kappa shape index (κ3) is 2.43. The molecule has 7 heteroatoms. The molecule has 20 heavy (non-hydrogen) atoms. The Labute approximate surface area is 115 Å². The average Bonchev–Trinajstić information content (AvgIpc) is 2.74. The molecule has 7 nitrogen and oxygen atoms in total. The average molecular weight is 278 g/mol. The summed E-state index contributed by atoms with van der Waals surface area (Å²) in [6, 6.07) is 0. The fourth-order valence-corrected chi connectivity index (χ4v) is 2.20. The van der Waals surface area contributed by atoms with E-state index in [1.165, 1.54) is 4.57 Å². The van der Waals surface area contributed by atoms with E-state index < -0.39 is 11.2 Å². The van der Waals surface area contributed by atoms with Crippen LogP contribution in [0.3, 0.4) is 0 Å². The van der Waals surface area contributed by atoms with Crippen LogP contribution < -0.4 is 11.2 Å². The highest BCUT2D eigenvalue weighted by atomic mass is 16.2. The smallest absolute Gasteiger partial charge is 0.325 e. The van der Waals surface area contributed by atoms with Crippen molar-refractivity contribution in [3.8, 4) is 0 Å². The number of fused-ring (bicyclic) bond motifs is 1. The topological polar surface area (TPSA) is 89.8 Å². The van der Waals surface area contributed by atoms with E-state index in [1.807, 2.05) is 6.92 Å². The monoisotopic (exact) mass is 278 g/mol. The predicted molar refractivity (Wildman–Crippen MR) is 74.8 cm³/mol. The Bertz CT molecular complexity index is 766. The molecule has 0 spiro atoms. The van der Waals surface area contributed by atoms with E-state index in [2.05, 4.69) is 9.97 Å². The number of rotatable bonds is 5. The molecule has 0 atom stereocenters. The van der Waals surface area contributed by atoms with Crippen LogP contribution in [0.1, 0.15) is 32.0 Å². The first-order chi connectivity index (χ1) is 9.45. The third-order valence-electron chi connectivity index (χ3n) is 3.48. The minimum atomic E-state index is -0.478. The second-order valence-electron chi connectivity index (χ2n) is 4.82. The summed E-state index contributed by atoms with van der Waals surface area (Å²) in [6.45, 7) is 1.84. The van der Waals surface area contributed by atoms with E-state index in [0.717, 1.165) is 0 Å². The maximum Gasteiger partial charge on any atom is 0.329 e. The predicted octanol–water partition coefficient (Wildman–Crippen LogP) is 0.262. The lowest BCUT2D eigenvalue weighted by Crippen LogP contribution is -2.29. The van der Waals surface area contributed by atoms with E-state index in [0.29, 0.717) is 42.7 Å². The fraction of sp³-hybridized carbons (Fsp3) is 0.538. The van der Waals surface area contributed by atoms with Crippen molar-refractivity contribution in [3.05, 3.63) is 26.7 Å².